The molecule has 0 spiro atoms. The van der Waals surface area contributed by atoms with Gasteiger partial charge in [-0.1, -0.05) is 4.49 Å². The van der Waals surface area contributed by atoms with E-state index in [0.717, 1.165) is 15.6 Å². The van der Waals surface area contributed by atoms with Crippen LogP contribution in [0.5, 0.6) is 0 Å². The van der Waals surface area contributed by atoms with Gasteiger partial charge in [0.2, 0.25) is 0 Å². The van der Waals surface area contributed by atoms with E-state index in [2.05, 4.69) is 14.6 Å². The summed E-state index contributed by atoms with van der Waals surface area (Å²) < 4.78 is 3.79. The van der Waals surface area contributed by atoms with E-state index in [9.17, 15) is 5.11 Å². The summed E-state index contributed by atoms with van der Waals surface area (Å²) in [6, 6.07) is 0. The summed E-state index contributed by atoms with van der Waals surface area (Å²) in [5, 5.41) is 16.6. The lowest BCUT2D eigenvalue weighted by Crippen LogP contribution is -2.00. The molecule has 0 aliphatic carbocycles. The smallest absolute Gasteiger partial charge is 0.0980 e. The Bertz CT molecular complexity index is 398. The molecule has 0 fully saturated rings. The minimum atomic E-state index is -0.527. The van der Waals surface area contributed by atoms with Gasteiger partial charge in [0.25, 0.3) is 0 Å². The number of hydrogen-bond donors (Lipinski definition) is 1. The highest BCUT2D eigenvalue weighted by Gasteiger charge is 2.15. The molecule has 1 unspecified atom stereocenters. The van der Waals surface area contributed by atoms with Crippen LogP contribution in [-0.2, 0) is 6.42 Å². The van der Waals surface area contributed by atoms with Gasteiger partial charge in [0.1, 0.15) is 0 Å². The highest BCUT2D eigenvalue weighted by molar-refractivity contribution is 7.09. The summed E-state index contributed by atoms with van der Waals surface area (Å²) in [7, 11) is 0. The fourth-order valence-corrected chi connectivity index (χ4v) is 2.44. The molecule has 0 aliphatic rings. The molecule has 2 heterocycles. The molecule has 2 rings (SSSR count). The summed E-state index contributed by atoms with van der Waals surface area (Å²) >= 11 is 2.79. The fourth-order valence-electron chi connectivity index (χ4n) is 1.15. The molecule has 4 nitrogen and oxygen atoms in total. The van der Waals surface area contributed by atoms with Crippen molar-refractivity contribution in [2.24, 2.45) is 0 Å². The van der Waals surface area contributed by atoms with E-state index in [1.165, 1.54) is 11.5 Å². The quantitative estimate of drug-likeness (QED) is 0.865. The number of nitrogens with zero attached hydrogens (tertiary/aromatic N) is 3. The van der Waals surface area contributed by atoms with Gasteiger partial charge in [-0.25, -0.2) is 4.98 Å². The van der Waals surface area contributed by atoms with Crippen LogP contribution in [0.15, 0.2) is 11.6 Å². The van der Waals surface area contributed by atoms with Gasteiger partial charge in [-0.2, -0.15) is 0 Å². The lowest BCUT2D eigenvalue weighted by Gasteiger charge is -2.05. The number of aliphatic hydroxyl groups is 1. The van der Waals surface area contributed by atoms with Crippen molar-refractivity contribution in [2.75, 3.05) is 0 Å². The van der Waals surface area contributed by atoms with Gasteiger partial charge in [-0.15, -0.1) is 16.4 Å². The maximum atomic E-state index is 9.86. The van der Waals surface area contributed by atoms with Crippen LogP contribution in [0.4, 0.5) is 0 Å². The second kappa shape index (κ2) is 4.12. The maximum Gasteiger partial charge on any atom is 0.0980 e. The molecule has 0 amide bonds. The number of aryl methyl sites for hydroxylation is 1. The third-order valence-corrected chi connectivity index (χ3v) is 3.57. The molecular formula is C8H9N3OS2. The molecule has 0 radical (unpaired) electrons. The van der Waals surface area contributed by atoms with Crippen LogP contribution in [0.2, 0.25) is 0 Å². The molecule has 14 heavy (non-hydrogen) atoms. The van der Waals surface area contributed by atoms with E-state index < -0.39 is 6.10 Å². The molecule has 1 N–H and O–H groups in total. The molecule has 0 saturated carbocycles. The van der Waals surface area contributed by atoms with Gasteiger partial charge >= 0.3 is 0 Å². The second-order valence-electron chi connectivity index (χ2n) is 2.87. The van der Waals surface area contributed by atoms with E-state index in [4.69, 9.17) is 0 Å². The van der Waals surface area contributed by atoms with Crippen molar-refractivity contribution in [2.45, 2.75) is 19.4 Å². The molecule has 0 aliphatic heterocycles. The first-order valence-corrected chi connectivity index (χ1v) is 5.78. The van der Waals surface area contributed by atoms with Crippen LogP contribution >= 0.6 is 22.9 Å². The van der Waals surface area contributed by atoms with Crippen LogP contribution in [0.3, 0.4) is 0 Å². The summed E-state index contributed by atoms with van der Waals surface area (Å²) in [4.78, 5) is 4.95. The van der Waals surface area contributed by atoms with E-state index in [-0.39, 0.29) is 0 Å². The zero-order valence-corrected chi connectivity index (χ0v) is 9.18. The Labute approximate surface area is 89.4 Å². The molecule has 2 aromatic heterocycles. The Balaban J connectivity index is 2.10. The molecule has 1 atom stereocenters. The SMILES string of the molecule is Cc1nnsc1C(O)Cc1nccs1. The van der Waals surface area contributed by atoms with Crippen molar-refractivity contribution >= 4 is 22.9 Å². The van der Waals surface area contributed by atoms with Crippen molar-refractivity contribution in [3.05, 3.63) is 27.2 Å². The van der Waals surface area contributed by atoms with Gasteiger partial charge in [0, 0.05) is 18.0 Å². The highest BCUT2D eigenvalue weighted by atomic mass is 32.1. The third kappa shape index (κ3) is 1.97. The highest BCUT2D eigenvalue weighted by Crippen LogP contribution is 2.23. The summed E-state index contributed by atoms with van der Waals surface area (Å²) in [5.74, 6) is 0. The average molecular weight is 227 g/mol. The summed E-state index contributed by atoms with van der Waals surface area (Å²) in [5.41, 5.74) is 0.805. The fraction of sp³-hybridized carbons (Fsp3) is 0.375. The Morgan fingerprint density at radius 3 is 3.00 bits per heavy atom. The summed E-state index contributed by atoms with van der Waals surface area (Å²) in [6.07, 6.45) is 1.76. The number of rotatable bonds is 3. The van der Waals surface area contributed by atoms with E-state index in [0.29, 0.717) is 6.42 Å². The van der Waals surface area contributed by atoms with E-state index in [1.807, 2.05) is 12.3 Å². The van der Waals surface area contributed by atoms with Crippen LogP contribution in [0.1, 0.15) is 21.7 Å². The first-order chi connectivity index (χ1) is 6.77. The zero-order valence-electron chi connectivity index (χ0n) is 7.54. The molecule has 0 aromatic carbocycles. The molecule has 74 valence electrons. The summed E-state index contributed by atoms with van der Waals surface area (Å²) in [6.45, 7) is 1.85. The number of aliphatic hydroxyl groups excluding tert-OH is 1. The predicted molar refractivity (Wildman–Crippen MR) is 55.4 cm³/mol. The largest absolute Gasteiger partial charge is 0.387 e. The van der Waals surface area contributed by atoms with Crippen molar-refractivity contribution in [1.29, 1.82) is 0 Å². The first-order valence-electron chi connectivity index (χ1n) is 4.12. The molecule has 6 heteroatoms. The van der Waals surface area contributed by atoms with Gasteiger partial charge in [-0.05, 0) is 18.5 Å². The normalized spacial score (nSPS) is 13.0. The standard InChI is InChI=1S/C8H9N3OS2/c1-5-8(14-11-10-5)6(12)4-7-9-2-3-13-7/h2-3,6,12H,4H2,1H3. The van der Waals surface area contributed by atoms with Gasteiger partial charge in [0.05, 0.1) is 21.7 Å². The van der Waals surface area contributed by atoms with E-state index >= 15 is 0 Å². The number of thiazole rings is 1. The Kier molecular flexibility index (Phi) is 2.85. The third-order valence-electron chi connectivity index (χ3n) is 1.84. The van der Waals surface area contributed by atoms with Gasteiger partial charge < -0.3 is 5.11 Å². The lowest BCUT2D eigenvalue weighted by molar-refractivity contribution is 0.181. The number of aromatic nitrogens is 3. The van der Waals surface area contributed by atoms with Crippen molar-refractivity contribution in [3.63, 3.8) is 0 Å². The first kappa shape index (κ1) is 9.70. The van der Waals surface area contributed by atoms with Gasteiger partial charge in [0.15, 0.2) is 0 Å². The Morgan fingerprint density at radius 1 is 1.57 bits per heavy atom. The van der Waals surface area contributed by atoms with Crippen LogP contribution < -0.4 is 0 Å². The minimum Gasteiger partial charge on any atom is -0.387 e. The zero-order chi connectivity index (χ0) is 9.97. The topological polar surface area (TPSA) is 58.9 Å². The van der Waals surface area contributed by atoms with E-state index in [1.54, 1.807) is 17.5 Å². The van der Waals surface area contributed by atoms with Crippen LogP contribution in [0, 0.1) is 6.92 Å². The number of hydrogen-bond acceptors (Lipinski definition) is 6. The molecule has 0 bridgehead atoms. The maximum absolute atomic E-state index is 9.86. The average Bonchev–Trinajstić information content (AvgIpc) is 2.75. The van der Waals surface area contributed by atoms with Crippen molar-refractivity contribution in [3.8, 4) is 0 Å². The monoisotopic (exact) mass is 227 g/mol. The molecule has 2 aromatic rings. The Morgan fingerprint density at radius 2 is 2.43 bits per heavy atom. The predicted octanol–water partition coefficient (Wildman–Crippen LogP) is 1.58. The van der Waals surface area contributed by atoms with Crippen molar-refractivity contribution in [1.82, 2.24) is 14.6 Å². The second-order valence-corrected chi connectivity index (χ2v) is 4.63. The van der Waals surface area contributed by atoms with Crippen LogP contribution in [-0.4, -0.2) is 19.7 Å². The van der Waals surface area contributed by atoms with Gasteiger partial charge in [-0.3, -0.25) is 0 Å². The minimum absolute atomic E-state index is 0.527. The van der Waals surface area contributed by atoms with Crippen molar-refractivity contribution < 1.29 is 5.11 Å². The molecular weight excluding hydrogens is 218 g/mol. The molecule has 0 saturated heterocycles. The van der Waals surface area contributed by atoms with Crippen LogP contribution in [0.25, 0.3) is 0 Å². The lowest BCUT2D eigenvalue weighted by atomic mass is 10.2. The Hall–Kier alpha value is -0.850.